The SMILES string of the molecule is CC(CCCCCCCCCC(=O)O)C(=O)O. The minimum absolute atomic E-state index is 0.231. The van der Waals surface area contributed by atoms with E-state index in [-0.39, 0.29) is 12.3 Å². The molecule has 0 spiro atoms. The number of hydrogen-bond donors (Lipinski definition) is 2. The van der Waals surface area contributed by atoms with E-state index < -0.39 is 11.9 Å². The molecular formula is C13H24O4. The van der Waals surface area contributed by atoms with Crippen LogP contribution in [0, 0.1) is 5.92 Å². The molecule has 0 saturated carbocycles. The smallest absolute Gasteiger partial charge is 0.306 e. The molecule has 0 aliphatic rings. The second-order valence-electron chi connectivity index (χ2n) is 4.65. The summed E-state index contributed by atoms with van der Waals surface area (Å²) in [6.45, 7) is 1.74. The molecule has 0 aromatic carbocycles. The zero-order chi connectivity index (χ0) is 13.1. The van der Waals surface area contributed by atoms with Crippen LogP contribution in [0.15, 0.2) is 0 Å². The fourth-order valence-corrected chi connectivity index (χ4v) is 1.73. The Kier molecular flexibility index (Phi) is 9.49. The van der Waals surface area contributed by atoms with Gasteiger partial charge in [0.25, 0.3) is 0 Å². The van der Waals surface area contributed by atoms with Gasteiger partial charge in [-0.2, -0.15) is 0 Å². The summed E-state index contributed by atoms with van der Waals surface area (Å²) in [5, 5.41) is 17.1. The van der Waals surface area contributed by atoms with E-state index in [4.69, 9.17) is 10.2 Å². The van der Waals surface area contributed by atoms with Gasteiger partial charge in [-0.15, -0.1) is 0 Å². The van der Waals surface area contributed by atoms with Crippen LogP contribution in [0.1, 0.15) is 64.7 Å². The van der Waals surface area contributed by atoms with Gasteiger partial charge >= 0.3 is 11.9 Å². The molecule has 0 bridgehead atoms. The highest BCUT2D eigenvalue weighted by molar-refractivity contribution is 5.69. The van der Waals surface area contributed by atoms with E-state index in [1.807, 2.05) is 0 Å². The summed E-state index contributed by atoms with van der Waals surface area (Å²) in [5.41, 5.74) is 0. The van der Waals surface area contributed by atoms with Gasteiger partial charge in [0, 0.05) is 6.42 Å². The minimum atomic E-state index is -0.715. The Hall–Kier alpha value is -1.06. The third-order valence-electron chi connectivity index (χ3n) is 2.95. The highest BCUT2D eigenvalue weighted by Gasteiger charge is 2.09. The fourth-order valence-electron chi connectivity index (χ4n) is 1.73. The third kappa shape index (κ3) is 11.2. The van der Waals surface area contributed by atoms with Crippen LogP contribution in [-0.2, 0) is 9.59 Å². The van der Waals surface area contributed by atoms with Gasteiger partial charge in [0.2, 0.25) is 0 Å². The number of aliphatic carboxylic acids is 2. The van der Waals surface area contributed by atoms with Crippen LogP contribution in [0.5, 0.6) is 0 Å². The first kappa shape index (κ1) is 15.9. The Balaban J connectivity index is 3.14. The zero-order valence-electron chi connectivity index (χ0n) is 10.7. The van der Waals surface area contributed by atoms with Crippen molar-refractivity contribution in [3.05, 3.63) is 0 Å². The molecule has 0 amide bonds. The van der Waals surface area contributed by atoms with Crippen molar-refractivity contribution in [2.24, 2.45) is 5.92 Å². The molecule has 4 nitrogen and oxygen atoms in total. The van der Waals surface area contributed by atoms with Gasteiger partial charge in [-0.25, -0.2) is 0 Å². The molecule has 1 atom stereocenters. The molecule has 2 N–H and O–H groups in total. The highest BCUT2D eigenvalue weighted by Crippen LogP contribution is 2.13. The standard InChI is InChI=1S/C13H24O4/c1-11(13(16)17)9-7-5-3-2-4-6-8-10-12(14)15/h11H,2-10H2,1H3,(H,14,15)(H,16,17). The normalized spacial score (nSPS) is 12.3. The first-order valence-corrected chi connectivity index (χ1v) is 6.48. The van der Waals surface area contributed by atoms with Crippen molar-refractivity contribution in [3.63, 3.8) is 0 Å². The maximum absolute atomic E-state index is 10.5. The number of unbranched alkanes of at least 4 members (excludes halogenated alkanes) is 6. The summed E-state index contributed by atoms with van der Waals surface area (Å²) in [4.78, 5) is 20.8. The van der Waals surface area contributed by atoms with Crippen LogP contribution < -0.4 is 0 Å². The molecule has 0 heterocycles. The van der Waals surface area contributed by atoms with Gasteiger partial charge in [0.1, 0.15) is 0 Å². The third-order valence-corrected chi connectivity index (χ3v) is 2.95. The van der Waals surface area contributed by atoms with Crippen molar-refractivity contribution in [3.8, 4) is 0 Å². The summed E-state index contributed by atoms with van der Waals surface area (Å²) >= 11 is 0. The van der Waals surface area contributed by atoms with Gasteiger partial charge in [-0.3, -0.25) is 9.59 Å². The molecule has 0 radical (unpaired) electrons. The molecule has 0 aromatic rings. The molecule has 1 unspecified atom stereocenters. The number of hydrogen-bond acceptors (Lipinski definition) is 2. The van der Waals surface area contributed by atoms with E-state index in [9.17, 15) is 9.59 Å². The molecule has 0 saturated heterocycles. The largest absolute Gasteiger partial charge is 0.481 e. The lowest BCUT2D eigenvalue weighted by Gasteiger charge is -2.05. The average Bonchev–Trinajstić information content (AvgIpc) is 2.25. The number of carboxylic acid groups (broad SMARTS) is 2. The molecular weight excluding hydrogens is 220 g/mol. The Morgan fingerprint density at radius 1 is 0.882 bits per heavy atom. The predicted octanol–water partition coefficient (Wildman–Crippen LogP) is 3.30. The lowest BCUT2D eigenvalue weighted by Crippen LogP contribution is -2.08. The van der Waals surface area contributed by atoms with Crippen LogP contribution in [0.25, 0.3) is 0 Å². The van der Waals surface area contributed by atoms with Crippen LogP contribution in [0.2, 0.25) is 0 Å². The summed E-state index contributed by atoms with van der Waals surface area (Å²) in [6, 6.07) is 0. The molecule has 0 aliphatic carbocycles. The van der Waals surface area contributed by atoms with Crippen molar-refractivity contribution in [2.75, 3.05) is 0 Å². The minimum Gasteiger partial charge on any atom is -0.481 e. The van der Waals surface area contributed by atoms with Crippen LogP contribution in [0.4, 0.5) is 0 Å². The zero-order valence-corrected chi connectivity index (χ0v) is 10.7. The lowest BCUT2D eigenvalue weighted by molar-refractivity contribution is -0.141. The van der Waals surface area contributed by atoms with Crippen LogP contribution >= 0.6 is 0 Å². The molecule has 100 valence electrons. The fraction of sp³-hybridized carbons (Fsp3) is 0.846. The maximum atomic E-state index is 10.5. The van der Waals surface area contributed by atoms with Crippen molar-refractivity contribution in [1.29, 1.82) is 0 Å². The first-order chi connectivity index (χ1) is 8.04. The Labute approximate surface area is 103 Å². The van der Waals surface area contributed by atoms with E-state index in [1.54, 1.807) is 6.92 Å². The van der Waals surface area contributed by atoms with Gasteiger partial charge in [-0.1, -0.05) is 45.4 Å². The molecule has 0 rings (SSSR count). The Morgan fingerprint density at radius 3 is 1.82 bits per heavy atom. The monoisotopic (exact) mass is 244 g/mol. The van der Waals surface area contributed by atoms with E-state index in [2.05, 4.69) is 0 Å². The highest BCUT2D eigenvalue weighted by atomic mass is 16.4. The summed E-state index contributed by atoms with van der Waals surface area (Å²) in [5.74, 6) is -1.66. The topological polar surface area (TPSA) is 74.6 Å². The second kappa shape index (κ2) is 10.1. The number of carboxylic acids is 2. The van der Waals surface area contributed by atoms with Crippen molar-refractivity contribution >= 4 is 11.9 Å². The van der Waals surface area contributed by atoms with Gasteiger partial charge in [0.15, 0.2) is 0 Å². The molecule has 0 fully saturated rings. The summed E-state index contributed by atoms with van der Waals surface area (Å²) in [6.07, 6.45) is 8.18. The van der Waals surface area contributed by atoms with Crippen LogP contribution in [-0.4, -0.2) is 22.2 Å². The predicted molar refractivity (Wildman–Crippen MR) is 66.0 cm³/mol. The Morgan fingerprint density at radius 2 is 1.35 bits per heavy atom. The maximum Gasteiger partial charge on any atom is 0.306 e. The molecule has 17 heavy (non-hydrogen) atoms. The lowest BCUT2D eigenvalue weighted by atomic mass is 10.0. The number of rotatable bonds is 11. The van der Waals surface area contributed by atoms with E-state index in [0.29, 0.717) is 0 Å². The molecule has 4 heteroatoms. The molecule has 0 aliphatic heterocycles. The Bertz CT molecular complexity index is 225. The van der Waals surface area contributed by atoms with E-state index in [0.717, 1.165) is 51.4 Å². The van der Waals surface area contributed by atoms with Crippen molar-refractivity contribution in [1.82, 2.24) is 0 Å². The van der Waals surface area contributed by atoms with Crippen molar-refractivity contribution in [2.45, 2.75) is 64.7 Å². The second-order valence-corrected chi connectivity index (χ2v) is 4.65. The summed E-state index contributed by atoms with van der Waals surface area (Å²) in [7, 11) is 0. The average molecular weight is 244 g/mol. The van der Waals surface area contributed by atoms with Gasteiger partial charge in [-0.05, 0) is 12.8 Å². The summed E-state index contributed by atoms with van der Waals surface area (Å²) < 4.78 is 0. The number of carbonyl (C=O) groups is 2. The first-order valence-electron chi connectivity index (χ1n) is 6.48. The van der Waals surface area contributed by atoms with E-state index >= 15 is 0 Å². The molecule has 0 aromatic heterocycles. The van der Waals surface area contributed by atoms with Crippen molar-refractivity contribution < 1.29 is 19.8 Å². The quantitative estimate of drug-likeness (QED) is 0.547. The van der Waals surface area contributed by atoms with Gasteiger partial charge in [0.05, 0.1) is 5.92 Å². The van der Waals surface area contributed by atoms with Gasteiger partial charge < -0.3 is 10.2 Å². The van der Waals surface area contributed by atoms with Crippen LogP contribution in [0.3, 0.4) is 0 Å². The van der Waals surface area contributed by atoms with E-state index in [1.165, 1.54) is 0 Å².